The van der Waals surface area contributed by atoms with Crippen molar-refractivity contribution in [3.05, 3.63) is 98.5 Å². The zero-order valence-corrected chi connectivity index (χ0v) is 20.9. The van der Waals surface area contributed by atoms with Gasteiger partial charge in [-0.2, -0.15) is 5.10 Å². The average Bonchev–Trinajstić information content (AvgIpc) is 2.82. The van der Waals surface area contributed by atoms with E-state index in [0.29, 0.717) is 21.5 Å². The first-order valence-corrected chi connectivity index (χ1v) is 12.8. The van der Waals surface area contributed by atoms with E-state index in [0.717, 1.165) is 16.1 Å². The number of halogens is 1. The van der Waals surface area contributed by atoms with E-state index in [-0.39, 0.29) is 12.3 Å². The standard InChI is InChI=1S/C23H21BrN4O6S/c1-35(32,33)27(22-5-3-2-4-21(22)24)15-23(29)26-25-14-17-8-12-20(13-9-17)34-16-18-6-10-19(11-7-18)28(30)31/h2-14H,15-16H2,1H3,(H,26,29)/b25-14-. The van der Waals surface area contributed by atoms with E-state index in [4.69, 9.17) is 4.74 Å². The van der Waals surface area contributed by atoms with Gasteiger partial charge in [-0.3, -0.25) is 19.2 Å². The van der Waals surface area contributed by atoms with Crippen molar-refractivity contribution < 1.29 is 22.9 Å². The molecule has 0 saturated carbocycles. The Labute approximate surface area is 210 Å². The number of hydrazone groups is 1. The molecule has 0 spiro atoms. The Bertz CT molecular complexity index is 1330. The maximum atomic E-state index is 12.3. The second kappa shape index (κ2) is 11.6. The topological polar surface area (TPSA) is 131 Å². The molecule has 0 fully saturated rings. The number of nitrogens with zero attached hydrogens (tertiary/aromatic N) is 3. The monoisotopic (exact) mass is 560 g/mol. The lowest BCUT2D eigenvalue weighted by Crippen LogP contribution is -2.39. The van der Waals surface area contributed by atoms with Gasteiger partial charge >= 0.3 is 0 Å². The van der Waals surface area contributed by atoms with Crippen LogP contribution in [0.15, 0.2) is 82.4 Å². The first kappa shape index (κ1) is 25.8. The molecule has 1 N–H and O–H groups in total. The summed E-state index contributed by atoms with van der Waals surface area (Å²) in [6.07, 6.45) is 2.44. The fraction of sp³-hybridized carbons (Fsp3) is 0.130. The fourth-order valence-corrected chi connectivity index (χ4v) is 4.39. The molecule has 12 heteroatoms. The number of nitrogens with one attached hydrogen (secondary N) is 1. The van der Waals surface area contributed by atoms with Crippen LogP contribution in [-0.4, -0.2) is 38.3 Å². The zero-order valence-electron chi connectivity index (χ0n) is 18.5. The molecule has 3 aromatic rings. The van der Waals surface area contributed by atoms with E-state index in [1.807, 2.05) is 0 Å². The molecule has 0 aromatic heterocycles. The van der Waals surface area contributed by atoms with Gasteiger partial charge in [0, 0.05) is 16.6 Å². The second-order valence-electron chi connectivity index (χ2n) is 7.30. The molecule has 10 nitrogen and oxygen atoms in total. The van der Waals surface area contributed by atoms with Gasteiger partial charge in [-0.25, -0.2) is 13.8 Å². The van der Waals surface area contributed by atoms with Gasteiger partial charge in [-0.05, 0) is 75.6 Å². The Kier molecular flexibility index (Phi) is 8.55. The molecule has 0 heterocycles. The lowest BCUT2D eigenvalue weighted by Gasteiger charge is -2.22. The number of carbonyl (C=O) groups is 1. The summed E-state index contributed by atoms with van der Waals surface area (Å²) in [5, 5.41) is 14.6. The molecule has 0 atom stereocenters. The lowest BCUT2D eigenvalue weighted by molar-refractivity contribution is -0.384. The van der Waals surface area contributed by atoms with Crippen molar-refractivity contribution in [3.8, 4) is 5.75 Å². The normalized spacial score (nSPS) is 11.3. The fourth-order valence-electron chi connectivity index (χ4n) is 2.91. The van der Waals surface area contributed by atoms with Crippen LogP contribution in [0.5, 0.6) is 5.75 Å². The summed E-state index contributed by atoms with van der Waals surface area (Å²) in [5.41, 5.74) is 4.15. The number of rotatable bonds is 10. The number of nitro benzene ring substituents is 1. The summed E-state index contributed by atoms with van der Waals surface area (Å²) in [4.78, 5) is 22.5. The predicted octanol–water partition coefficient (Wildman–Crippen LogP) is 3.85. The summed E-state index contributed by atoms with van der Waals surface area (Å²) < 4.78 is 31.6. The molecular weight excluding hydrogens is 540 g/mol. The Hall–Kier alpha value is -3.77. The smallest absolute Gasteiger partial charge is 0.269 e. The second-order valence-corrected chi connectivity index (χ2v) is 10.1. The molecule has 182 valence electrons. The molecule has 0 aliphatic carbocycles. The summed E-state index contributed by atoms with van der Waals surface area (Å²) in [6.45, 7) is -0.190. The van der Waals surface area contributed by atoms with Crippen molar-refractivity contribution in [2.45, 2.75) is 6.61 Å². The number of benzene rings is 3. The zero-order chi connectivity index (χ0) is 25.4. The van der Waals surface area contributed by atoms with Crippen molar-refractivity contribution in [1.29, 1.82) is 0 Å². The number of para-hydroxylation sites is 1. The van der Waals surface area contributed by atoms with Gasteiger partial charge < -0.3 is 4.74 Å². The van der Waals surface area contributed by atoms with E-state index >= 15 is 0 Å². The molecule has 0 aliphatic rings. The Morgan fingerprint density at radius 3 is 2.37 bits per heavy atom. The van der Waals surface area contributed by atoms with Crippen molar-refractivity contribution in [2.24, 2.45) is 5.10 Å². The first-order chi connectivity index (χ1) is 16.6. The Morgan fingerprint density at radius 2 is 1.77 bits per heavy atom. The average molecular weight is 561 g/mol. The van der Waals surface area contributed by atoms with Crippen LogP contribution in [0.2, 0.25) is 0 Å². The number of sulfonamides is 1. The highest BCUT2D eigenvalue weighted by molar-refractivity contribution is 9.10. The van der Waals surface area contributed by atoms with Gasteiger partial charge in [0.05, 0.1) is 23.1 Å². The van der Waals surface area contributed by atoms with Crippen LogP contribution >= 0.6 is 15.9 Å². The van der Waals surface area contributed by atoms with Crippen LogP contribution < -0.4 is 14.5 Å². The number of ether oxygens (including phenoxy) is 1. The number of amides is 1. The molecule has 35 heavy (non-hydrogen) atoms. The molecule has 3 aromatic carbocycles. The van der Waals surface area contributed by atoms with Crippen molar-refractivity contribution >= 4 is 49.4 Å². The van der Waals surface area contributed by atoms with E-state index < -0.39 is 27.4 Å². The van der Waals surface area contributed by atoms with E-state index in [9.17, 15) is 23.3 Å². The third-order valence-corrected chi connectivity index (χ3v) is 6.44. The van der Waals surface area contributed by atoms with Crippen molar-refractivity contribution in [1.82, 2.24) is 5.43 Å². The minimum Gasteiger partial charge on any atom is -0.489 e. The number of hydrogen-bond acceptors (Lipinski definition) is 7. The van der Waals surface area contributed by atoms with Gasteiger partial charge in [0.2, 0.25) is 10.0 Å². The van der Waals surface area contributed by atoms with Gasteiger partial charge in [0.1, 0.15) is 18.9 Å². The number of non-ortho nitro benzene ring substituents is 1. The van der Waals surface area contributed by atoms with Gasteiger partial charge in [0.15, 0.2) is 0 Å². The predicted molar refractivity (Wildman–Crippen MR) is 136 cm³/mol. The number of hydrogen-bond donors (Lipinski definition) is 1. The third kappa shape index (κ3) is 7.62. The summed E-state index contributed by atoms with van der Waals surface area (Å²) in [5.74, 6) is -0.0211. The van der Waals surface area contributed by atoms with Crippen LogP contribution in [0.25, 0.3) is 0 Å². The number of carbonyl (C=O) groups excluding carboxylic acids is 1. The molecule has 0 radical (unpaired) electrons. The molecular formula is C23H21BrN4O6S. The quantitative estimate of drug-likeness (QED) is 0.227. The molecule has 0 aliphatic heterocycles. The molecule has 1 amide bonds. The SMILES string of the molecule is CS(=O)(=O)N(CC(=O)N/N=C\c1ccc(OCc2ccc([N+](=O)[O-])cc2)cc1)c1ccccc1Br. The molecule has 3 rings (SSSR count). The van der Waals surface area contributed by atoms with Crippen LogP contribution in [0, 0.1) is 10.1 Å². The summed E-state index contributed by atoms with van der Waals surface area (Å²) in [7, 11) is -3.70. The highest BCUT2D eigenvalue weighted by Crippen LogP contribution is 2.27. The highest BCUT2D eigenvalue weighted by Gasteiger charge is 2.22. The molecule has 0 saturated heterocycles. The largest absolute Gasteiger partial charge is 0.489 e. The van der Waals surface area contributed by atoms with Gasteiger partial charge in [0.25, 0.3) is 11.6 Å². The van der Waals surface area contributed by atoms with Crippen LogP contribution in [0.4, 0.5) is 11.4 Å². The van der Waals surface area contributed by atoms with E-state index in [1.54, 1.807) is 60.7 Å². The van der Waals surface area contributed by atoms with E-state index in [2.05, 4.69) is 26.5 Å². The Morgan fingerprint density at radius 1 is 1.11 bits per heavy atom. The number of anilines is 1. The highest BCUT2D eigenvalue weighted by atomic mass is 79.9. The first-order valence-electron chi connectivity index (χ1n) is 10.1. The third-order valence-electron chi connectivity index (χ3n) is 4.64. The molecule has 0 bridgehead atoms. The lowest BCUT2D eigenvalue weighted by atomic mass is 10.2. The molecule has 0 unspecified atom stereocenters. The maximum absolute atomic E-state index is 12.3. The van der Waals surface area contributed by atoms with Crippen molar-refractivity contribution in [2.75, 3.05) is 17.1 Å². The summed E-state index contributed by atoms with van der Waals surface area (Å²) in [6, 6.07) is 19.7. The van der Waals surface area contributed by atoms with Gasteiger partial charge in [-0.1, -0.05) is 12.1 Å². The minimum atomic E-state index is -3.70. The minimum absolute atomic E-state index is 0.0152. The van der Waals surface area contributed by atoms with Crippen molar-refractivity contribution in [3.63, 3.8) is 0 Å². The maximum Gasteiger partial charge on any atom is 0.269 e. The summed E-state index contributed by atoms with van der Waals surface area (Å²) >= 11 is 3.30. The van der Waals surface area contributed by atoms with Crippen LogP contribution in [0.3, 0.4) is 0 Å². The number of nitro groups is 1. The van der Waals surface area contributed by atoms with Gasteiger partial charge in [-0.15, -0.1) is 0 Å². The Balaban J connectivity index is 1.53. The van der Waals surface area contributed by atoms with Crippen LogP contribution in [0.1, 0.15) is 11.1 Å². The van der Waals surface area contributed by atoms with Crippen LogP contribution in [-0.2, 0) is 21.4 Å². The van der Waals surface area contributed by atoms with E-state index in [1.165, 1.54) is 18.3 Å².